The summed E-state index contributed by atoms with van der Waals surface area (Å²) in [4.78, 5) is 18.6. The highest BCUT2D eigenvalue weighted by molar-refractivity contribution is 5.87. The molecule has 9 nitrogen and oxygen atoms in total. The predicted octanol–water partition coefficient (Wildman–Crippen LogP) is 2.71. The Morgan fingerprint density at radius 3 is 2.74 bits per heavy atom. The molecule has 4 aromatic rings. The maximum Gasteiger partial charge on any atom is 0.142 e. The number of pyridine rings is 1. The quantitative estimate of drug-likeness (QED) is 0.546. The van der Waals surface area contributed by atoms with Crippen LogP contribution in [-0.2, 0) is 4.74 Å². The summed E-state index contributed by atoms with van der Waals surface area (Å²) in [6.45, 7) is 1.98. The van der Waals surface area contributed by atoms with Gasteiger partial charge in [0.15, 0.2) is 0 Å². The number of rotatable bonds is 4. The van der Waals surface area contributed by atoms with E-state index in [9.17, 15) is 0 Å². The Kier molecular flexibility index (Phi) is 4.41. The Labute approximate surface area is 179 Å². The lowest BCUT2D eigenvalue weighted by Crippen LogP contribution is -2.37. The standard InChI is InChI=1S/C22H24N8O/c1-31-20-9-16-11-29(22-17-4-7-24-21(17)25-13-26-22)10-15(16)8-19(20)30-12-18(27-28-30)14-2-5-23-6-3-14/h2-7,12-13,15-16,19-20H,8-11H2,1H3,(H,24,25,26)/t15-,16+,19-,20-/m1/s1. The van der Waals surface area contributed by atoms with Gasteiger partial charge in [-0.15, -0.1) is 5.10 Å². The van der Waals surface area contributed by atoms with Gasteiger partial charge in [-0.05, 0) is 42.9 Å². The van der Waals surface area contributed by atoms with Gasteiger partial charge in [0.2, 0.25) is 0 Å². The summed E-state index contributed by atoms with van der Waals surface area (Å²) in [5, 5.41) is 9.96. The summed E-state index contributed by atoms with van der Waals surface area (Å²) < 4.78 is 7.93. The lowest BCUT2D eigenvalue weighted by Gasteiger charge is -2.36. The van der Waals surface area contributed by atoms with Crippen molar-refractivity contribution in [2.75, 3.05) is 25.1 Å². The van der Waals surface area contributed by atoms with E-state index in [2.05, 4.69) is 41.2 Å². The summed E-state index contributed by atoms with van der Waals surface area (Å²) in [7, 11) is 1.80. The van der Waals surface area contributed by atoms with Crippen molar-refractivity contribution < 1.29 is 4.74 Å². The fourth-order valence-electron chi connectivity index (χ4n) is 5.30. The average Bonchev–Trinajstić information content (AvgIpc) is 3.57. The molecule has 158 valence electrons. The lowest BCUT2D eigenvalue weighted by atomic mass is 9.77. The van der Waals surface area contributed by atoms with Crippen molar-refractivity contribution in [2.45, 2.75) is 25.0 Å². The zero-order chi connectivity index (χ0) is 20.8. The Morgan fingerprint density at radius 1 is 1.06 bits per heavy atom. The normalized spacial score (nSPS) is 25.8. The molecule has 1 saturated carbocycles. The molecule has 1 aliphatic heterocycles. The molecule has 5 heterocycles. The van der Waals surface area contributed by atoms with E-state index in [-0.39, 0.29) is 12.1 Å². The number of ether oxygens (including phenoxy) is 1. The highest BCUT2D eigenvalue weighted by Crippen LogP contribution is 2.43. The van der Waals surface area contributed by atoms with E-state index in [1.165, 1.54) is 0 Å². The second-order valence-electron chi connectivity index (χ2n) is 8.49. The number of nitrogens with zero attached hydrogens (tertiary/aromatic N) is 7. The minimum absolute atomic E-state index is 0.117. The number of nitrogens with one attached hydrogen (secondary N) is 1. The Hall–Kier alpha value is -3.33. The van der Waals surface area contributed by atoms with Crippen molar-refractivity contribution in [2.24, 2.45) is 11.8 Å². The van der Waals surface area contributed by atoms with E-state index in [1.807, 2.05) is 29.2 Å². The third-order valence-corrected chi connectivity index (χ3v) is 6.85. The van der Waals surface area contributed by atoms with Crippen LogP contribution in [0.4, 0.5) is 5.82 Å². The molecule has 0 unspecified atom stereocenters. The monoisotopic (exact) mass is 416 g/mol. The second kappa shape index (κ2) is 7.42. The molecule has 0 amide bonds. The van der Waals surface area contributed by atoms with Crippen molar-refractivity contribution in [3.05, 3.63) is 49.3 Å². The van der Waals surface area contributed by atoms with Crippen LogP contribution in [0.5, 0.6) is 0 Å². The van der Waals surface area contributed by atoms with Crippen molar-refractivity contribution in [1.82, 2.24) is 34.9 Å². The van der Waals surface area contributed by atoms with Crippen LogP contribution in [0.1, 0.15) is 18.9 Å². The van der Waals surface area contributed by atoms with Gasteiger partial charge >= 0.3 is 0 Å². The molecule has 1 aliphatic carbocycles. The highest BCUT2D eigenvalue weighted by atomic mass is 16.5. The fourth-order valence-corrected chi connectivity index (χ4v) is 5.30. The number of aromatic nitrogens is 7. The van der Waals surface area contributed by atoms with Crippen LogP contribution < -0.4 is 4.90 Å². The number of hydrogen-bond acceptors (Lipinski definition) is 7. The van der Waals surface area contributed by atoms with Crippen LogP contribution in [0.2, 0.25) is 0 Å². The summed E-state index contributed by atoms with van der Waals surface area (Å²) in [6.07, 6.45) is 11.3. The Morgan fingerprint density at radius 2 is 1.90 bits per heavy atom. The topological polar surface area (TPSA) is 97.6 Å². The highest BCUT2D eigenvalue weighted by Gasteiger charge is 2.44. The van der Waals surface area contributed by atoms with Crippen LogP contribution in [0, 0.1) is 11.8 Å². The van der Waals surface area contributed by atoms with Crippen molar-refractivity contribution in [3.63, 3.8) is 0 Å². The molecule has 31 heavy (non-hydrogen) atoms. The molecule has 1 saturated heterocycles. The van der Waals surface area contributed by atoms with E-state index in [0.29, 0.717) is 11.8 Å². The Balaban J connectivity index is 1.25. The van der Waals surface area contributed by atoms with Crippen molar-refractivity contribution in [1.29, 1.82) is 0 Å². The van der Waals surface area contributed by atoms with Gasteiger partial charge in [-0.25, -0.2) is 14.6 Å². The first-order chi connectivity index (χ1) is 15.3. The number of aromatic amines is 1. The van der Waals surface area contributed by atoms with Crippen LogP contribution in [-0.4, -0.2) is 61.2 Å². The predicted molar refractivity (Wildman–Crippen MR) is 115 cm³/mol. The lowest BCUT2D eigenvalue weighted by molar-refractivity contribution is -0.00541. The van der Waals surface area contributed by atoms with E-state index in [1.54, 1.807) is 25.8 Å². The number of fused-ring (bicyclic) bond motifs is 2. The number of methoxy groups -OCH3 is 1. The molecule has 2 aliphatic rings. The van der Waals surface area contributed by atoms with E-state index in [0.717, 1.165) is 54.0 Å². The van der Waals surface area contributed by atoms with E-state index >= 15 is 0 Å². The first-order valence-corrected chi connectivity index (χ1v) is 10.7. The van der Waals surface area contributed by atoms with Crippen LogP contribution in [0.25, 0.3) is 22.3 Å². The largest absolute Gasteiger partial charge is 0.379 e. The number of H-pyrrole nitrogens is 1. The molecule has 0 radical (unpaired) electrons. The number of anilines is 1. The van der Waals surface area contributed by atoms with Gasteiger partial charge in [0, 0.05) is 44.4 Å². The van der Waals surface area contributed by atoms with Crippen molar-refractivity contribution in [3.8, 4) is 11.3 Å². The second-order valence-corrected chi connectivity index (χ2v) is 8.49. The third kappa shape index (κ3) is 3.16. The SMILES string of the molecule is CO[C@@H]1C[C@H]2CN(c3ncnc4[nH]ccc34)C[C@H]2C[C@H]1n1cc(-c2ccncc2)nn1. The molecule has 0 spiro atoms. The molecule has 0 aromatic carbocycles. The molecule has 6 rings (SSSR count). The van der Waals surface area contributed by atoms with Crippen LogP contribution in [0.15, 0.2) is 49.3 Å². The molecule has 9 heteroatoms. The fraction of sp³-hybridized carbons (Fsp3) is 0.409. The van der Waals surface area contributed by atoms with Gasteiger partial charge < -0.3 is 14.6 Å². The zero-order valence-electron chi connectivity index (χ0n) is 17.3. The molecular weight excluding hydrogens is 392 g/mol. The summed E-state index contributed by atoms with van der Waals surface area (Å²) >= 11 is 0. The van der Waals surface area contributed by atoms with Gasteiger partial charge in [0.1, 0.15) is 23.5 Å². The van der Waals surface area contributed by atoms with Crippen LogP contribution in [0.3, 0.4) is 0 Å². The molecule has 4 atom stereocenters. The first kappa shape index (κ1) is 18.4. The van der Waals surface area contributed by atoms with Gasteiger partial charge in [0.05, 0.1) is 23.7 Å². The average molecular weight is 416 g/mol. The summed E-state index contributed by atoms with van der Waals surface area (Å²) in [6, 6.07) is 6.14. The molecule has 2 fully saturated rings. The summed E-state index contributed by atoms with van der Waals surface area (Å²) in [5.74, 6) is 2.16. The first-order valence-electron chi connectivity index (χ1n) is 10.7. The molecular formula is C22H24N8O. The molecule has 4 aromatic heterocycles. The molecule has 1 N–H and O–H groups in total. The van der Waals surface area contributed by atoms with E-state index < -0.39 is 0 Å². The third-order valence-electron chi connectivity index (χ3n) is 6.85. The van der Waals surface area contributed by atoms with Gasteiger partial charge in [-0.1, -0.05) is 5.21 Å². The Bertz CT molecular complexity index is 1190. The minimum atomic E-state index is 0.117. The summed E-state index contributed by atoms with van der Waals surface area (Å²) in [5.41, 5.74) is 2.78. The smallest absolute Gasteiger partial charge is 0.142 e. The van der Waals surface area contributed by atoms with Gasteiger partial charge in [0.25, 0.3) is 0 Å². The minimum Gasteiger partial charge on any atom is -0.379 e. The van der Waals surface area contributed by atoms with Gasteiger partial charge in [-0.2, -0.15) is 0 Å². The van der Waals surface area contributed by atoms with Crippen LogP contribution >= 0.6 is 0 Å². The van der Waals surface area contributed by atoms with E-state index in [4.69, 9.17) is 4.74 Å². The zero-order valence-corrected chi connectivity index (χ0v) is 17.3. The maximum atomic E-state index is 5.93. The van der Waals surface area contributed by atoms with Crippen molar-refractivity contribution >= 4 is 16.9 Å². The maximum absolute atomic E-state index is 5.93. The number of hydrogen-bond donors (Lipinski definition) is 1. The molecule has 0 bridgehead atoms. The van der Waals surface area contributed by atoms with Gasteiger partial charge in [-0.3, -0.25) is 4.98 Å².